The molecule has 21 heavy (non-hydrogen) atoms. The molecule has 1 amide bonds. The molecule has 1 aromatic carbocycles. The monoisotopic (exact) mass is 293 g/mol. The highest BCUT2D eigenvalue weighted by Crippen LogP contribution is 2.13. The van der Waals surface area contributed by atoms with Gasteiger partial charge in [-0.05, 0) is 30.7 Å². The number of carbonyl (C=O) groups is 3. The first-order chi connectivity index (χ1) is 10.1. The topological polar surface area (TPSA) is 81.7 Å². The lowest BCUT2D eigenvalue weighted by Gasteiger charge is -2.04. The van der Waals surface area contributed by atoms with Crippen LogP contribution in [0.2, 0.25) is 0 Å². The quantitative estimate of drug-likeness (QED) is 0.578. The Morgan fingerprint density at radius 1 is 1.05 bits per heavy atom. The highest BCUT2D eigenvalue weighted by molar-refractivity contribution is 5.96. The van der Waals surface area contributed by atoms with E-state index >= 15 is 0 Å². The number of ether oxygens (including phenoxy) is 2. The molecule has 1 aromatic rings. The smallest absolute Gasteiger partial charge is 0.325 e. The normalized spacial score (nSPS) is 9.81. The Morgan fingerprint density at radius 2 is 1.71 bits per heavy atom. The van der Waals surface area contributed by atoms with Gasteiger partial charge in [0.15, 0.2) is 5.78 Å². The maximum atomic E-state index is 11.9. The first-order valence-corrected chi connectivity index (χ1v) is 6.57. The molecule has 6 heteroatoms. The van der Waals surface area contributed by atoms with Crippen LogP contribution in [0.25, 0.3) is 0 Å². The van der Waals surface area contributed by atoms with E-state index < -0.39 is 5.97 Å². The minimum absolute atomic E-state index is 0.0292. The van der Waals surface area contributed by atoms with Crippen LogP contribution in [0.4, 0.5) is 0 Å². The first-order valence-electron chi connectivity index (χ1n) is 6.57. The molecule has 0 heterocycles. The summed E-state index contributed by atoms with van der Waals surface area (Å²) in [6.07, 6.45) is 0.898. The van der Waals surface area contributed by atoms with E-state index in [-0.39, 0.29) is 31.1 Å². The Kier molecular flexibility index (Phi) is 6.94. The summed E-state index contributed by atoms with van der Waals surface area (Å²) in [5.74, 6) is -0.118. The summed E-state index contributed by atoms with van der Waals surface area (Å²) in [7, 11) is 2.81. The first kappa shape index (κ1) is 16.7. The Labute approximate surface area is 123 Å². The SMILES string of the molecule is COC(=O)CNC(=O)CCCC(=O)c1ccc(OC)cc1. The summed E-state index contributed by atoms with van der Waals surface area (Å²) in [5.41, 5.74) is 0.589. The summed E-state index contributed by atoms with van der Waals surface area (Å²) in [6, 6.07) is 6.82. The second-order valence-corrected chi connectivity index (χ2v) is 4.36. The second-order valence-electron chi connectivity index (χ2n) is 4.36. The van der Waals surface area contributed by atoms with Gasteiger partial charge in [0.2, 0.25) is 5.91 Å². The van der Waals surface area contributed by atoms with Gasteiger partial charge < -0.3 is 14.8 Å². The third kappa shape index (κ3) is 6.07. The molecule has 114 valence electrons. The minimum Gasteiger partial charge on any atom is -0.497 e. The van der Waals surface area contributed by atoms with Gasteiger partial charge in [-0.1, -0.05) is 0 Å². The van der Waals surface area contributed by atoms with Crippen molar-refractivity contribution in [2.45, 2.75) is 19.3 Å². The fourth-order valence-corrected chi connectivity index (χ4v) is 1.66. The molecular formula is C15H19NO5. The van der Waals surface area contributed by atoms with Gasteiger partial charge in [-0.3, -0.25) is 14.4 Å². The molecular weight excluding hydrogens is 274 g/mol. The largest absolute Gasteiger partial charge is 0.497 e. The van der Waals surface area contributed by atoms with Crippen molar-refractivity contribution in [2.24, 2.45) is 0 Å². The van der Waals surface area contributed by atoms with Crippen molar-refractivity contribution in [1.29, 1.82) is 0 Å². The number of methoxy groups -OCH3 is 2. The number of nitrogens with one attached hydrogen (secondary N) is 1. The van der Waals surface area contributed by atoms with Crippen molar-refractivity contribution in [3.8, 4) is 5.75 Å². The lowest BCUT2D eigenvalue weighted by atomic mass is 10.1. The van der Waals surface area contributed by atoms with Crippen molar-refractivity contribution < 1.29 is 23.9 Å². The summed E-state index contributed by atoms with van der Waals surface area (Å²) >= 11 is 0. The van der Waals surface area contributed by atoms with E-state index in [1.807, 2.05) is 0 Å². The third-order valence-electron chi connectivity index (χ3n) is 2.88. The number of esters is 1. The lowest BCUT2D eigenvalue weighted by Crippen LogP contribution is -2.29. The lowest BCUT2D eigenvalue weighted by molar-refractivity contribution is -0.141. The zero-order valence-corrected chi connectivity index (χ0v) is 12.2. The number of ketones is 1. The average Bonchev–Trinajstić information content (AvgIpc) is 2.52. The van der Waals surface area contributed by atoms with E-state index in [0.717, 1.165) is 0 Å². The average molecular weight is 293 g/mol. The van der Waals surface area contributed by atoms with Crippen molar-refractivity contribution in [3.63, 3.8) is 0 Å². The summed E-state index contributed by atoms with van der Waals surface area (Å²) in [5, 5.41) is 2.42. The van der Waals surface area contributed by atoms with E-state index in [9.17, 15) is 14.4 Å². The van der Waals surface area contributed by atoms with Crippen LogP contribution >= 0.6 is 0 Å². The van der Waals surface area contributed by atoms with Crippen LogP contribution < -0.4 is 10.1 Å². The molecule has 0 atom stereocenters. The summed E-state index contributed by atoms with van der Waals surface area (Å²) in [4.78, 5) is 34.1. The van der Waals surface area contributed by atoms with E-state index in [2.05, 4.69) is 10.1 Å². The Hall–Kier alpha value is -2.37. The number of benzene rings is 1. The highest BCUT2D eigenvalue weighted by atomic mass is 16.5. The fraction of sp³-hybridized carbons (Fsp3) is 0.400. The maximum Gasteiger partial charge on any atom is 0.325 e. The van der Waals surface area contributed by atoms with Gasteiger partial charge in [0.25, 0.3) is 0 Å². The van der Waals surface area contributed by atoms with Gasteiger partial charge >= 0.3 is 5.97 Å². The molecule has 0 bridgehead atoms. The fourth-order valence-electron chi connectivity index (χ4n) is 1.66. The molecule has 1 rings (SSSR count). The standard InChI is InChI=1S/C15H19NO5/c1-20-12-8-6-11(7-9-12)13(17)4-3-5-14(18)16-10-15(19)21-2/h6-9H,3-5,10H2,1-2H3,(H,16,18). The molecule has 0 unspecified atom stereocenters. The number of rotatable bonds is 8. The molecule has 6 nitrogen and oxygen atoms in total. The number of hydrogen-bond donors (Lipinski definition) is 1. The maximum absolute atomic E-state index is 11.9. The molecule has 0 radical (unpaired) electrons. The van der Waals surface area contributed by atoms with Crippen molar-refractivity contribution in [1.82, 2.24) is 5.32 Å². The van der Waals surface area contributed by atoms with E-state index in [0.29, 0.717) is 17.7 Å². The molecule has 0 saturated heterocycles. The third-order valence-corrected chi connectivity index (χ3v) is 2.88. The van der Waals surface area contributed by atoms with Crippen LogP contribution in [-0.4, -0.2) is 38.4 Å². The van der Waals surface area contributed by atoms with Crippen LogP contribution in [0.3, 0.4) is 0 Å². The van der Waals surface area contributed by atoms with Crippen LogP contribution in [-0.2, 0) is 14.3 Å². The van der Waals surface area contributed by atoms with Gasteiger partial charge in [0, 0.05) is 18.4 Å². The molecule has 0 saturated carbocycles. The van der Waals surface area contributed by atoms with Gasteiger partial charge in [0.1, 0.15) is 12.3 Å². The predicted molar refractivity (Wildman–Crippen MR) is 76.2 cm³/mol. The van der Waals surface area contributed by atoms with Crippen molar-refractivity contribution in [2.75, 3.05) is 20.8 Å². The molecule has 0 spiro atoms. The van der Waals surface area contributed by atoms with Crippen LogP contribution in [0.5, 0.6) is 5.75 Å². The Balaban J connectivity index is 2.29. The van der Waals surface area contributed by atoms with Crippen LogP contribution in [0.1, 0.15) is 29.6 Å². The highest BCUT2D eigenvalue weighted by Gasteiger charge is 2.09. The van der Waals surface area contributed by atoms with E-state index in [4.69, 9.17) is 4.74 Å². The predicted octanol–water partition coefficient (Wildman–Crippen LogP) is 1.34. The summed E-state index contributed by atoms with van der Waals surface area (Å²) < 4.78 is 9.42. The Bertz CT molecular complexity index is 495. The number of carbonyl (C=O) groups excluding carboxylic acids is 3. The van der Waals surface area contributed by atoms with Crippen LogP contribution in [0, 0.1) is 0 Å². The number of Topliss-reactive ketones (excluding diaryl/α,β-unsaturated/α-hetero) is 1. The molecule has 1 N–H and O–H groups in total. The van der Waals surface area contributed by atoms with Gasteiger partial charge in [0.05, 0.1) is 14.2 Å². The van der Waals surface area contributed by atoms with E-state index in [1.54, 1.807) is 31.4 Å². The molecule has 0 aliphatic carbocycles. The number of hydrogen-bond acceptors (Lipinski definition) is 5. The molecule has 0 aliphatic heterocycles. The van der Waals surface area contributed by atoms with Gasteiger partial charge in [-0.15, -0.1) is 0 Å². The zero-order valence-electron chi connectivity index (χ0n) is 12.2. The second kappa shape index (κ2) is 8.73. The molecule has 0 fully saturated rings. The summed E-state index contributed by atoms with van der Waals surface area (Å²) in [6.45, 7) is -0.151. The Morgan fingerprint density at radius 3 is 2.29 bits per heavy atom. The van der Waals surface area contributed by atoms with Gasteiger partial charge in [-0.25, -0.2) is 0 Å². The van der Waals surface area contributed by atoms with Crippen molar-refractivity contribution in [3.05, 3.63) is 29.8 Å². The molecule has 0 aromatic heterocycles. The number of amides is 1. The van der Waals surface area contributed by atoms with E-state index in [1.165, 1.54) is 7.11 Å². The molecule has 0 aliphatic rings. The van der Waals surface area contributed by atoms with Gasteiger partial charge in [-0.2, -0.15) is 0 Å². The zero-order chi connectivity index (χ0) is 15.7. The van der Waals surface area contributed by atoms with Crippen molar-refractivity contribution >= 4 is 17.7 Å². The minimum atomic E-state index is -0.502. The van der Waals surface area contributed by atoms with Crippen LogP contribution in [0.15, 0.2) is 24.3 Å².